The number of rotatable bonds is 2. The van der Waals surface area contributed by atoms with Gasteiger partial charge in [-0.25, -0.2) is 4.79 Å². The number of esters is 2. The molecule has 4 nitrogen and oxygen atoms in total. The third-order valence-corrected chi connectivity index (χ3v) is 4.77. The van der Waals surface area contributed by atoms with Crippen LogP contribution in [0.1, 0.15) is 13.3 Å². The van der Waals surface area contributed by atoms with E-state index in [1.54, 1.807) is 0 Å². The Morgan fingerprint density at radius 1 is 1.53 bits per heavy atom. The van der Waals surface area contributed by atoms with Crippen molar-refractivity contribution in [1.82, 2.24) is 0 Å². The second-order valence-corrected chi connectivity index (χ2v) is 5.34. The van der Waals surface area contributed by atoms with E-state index in [4.69, 9.17) is 9.47 Å². The summed E-state index contributed by atoms with van der Waals surface area (Å²) in [6.45, 7) is 6.11. The molecule has 3 aliphatic rings. The molecule has 3 fully saturated rings. The van der Waals surface area contributed by atoms with Crippen molar-refractivity contribution in [3.05, 3.63) is 12.7 Å². The lowest BCUT2D eigenvalue weighted by atomic mass is 9.80. The number of cyclic esters (lactones) is 1. The van der Waals surface area contributed by atoms with E-state index < -0.39 is 5.97 Å². The summed E-state index contributed by atoms with van der Waals surface area (Å²) in [5.41, 5.74) is 0. The molecule has 1 aliphatic heterocycles. The Bertz CT molecular complexity index is 389. The zero-order valence-electron chi connectivity index (χ0n) is 9.80. The number of hydrogen-bond donors (Lipinski definition) is 0. The van der Waals surface area contributed by atoms with Crippen LogP contribution < -0.4 is 0 Å². The van der Waals surface area contributed by atoms with Gasteiger partial charge in [-0.3, -0.25) is 4.79 Å². The molecule has 6 unspecified atom stereocenters. The fourth-order valence-electron chi connectivity index (χ4n) is 4.10. The largest absolute Gasteiger partial charge is 0.465 e. The second kappa shape index (κ2) is 3.59. The summed E-state index contributed by atoms with van der Waals surface area (Å²) in [5, 5.41) is 0. The average molecular weight is 236 g/mol. The Morgan fingerprint density at radius 3 is 3.00 bits per heavy atom. The molecule has 2 aliphatic carbocycles. The van der Waals surface area contributed by atoms with Crippen molar-refractivity contribution in [3.8, 4) is 0 Å². The lowest BCUT2D eigenvalue weighted by molar-refractivity contribution is -0.152. The minimum atomic E-state index is -0.391. The molecule has 1 saturated heterocycles. The maximum absolute atomic E-state index is 11.7. The molecule has 17 heavy (non-hydrogen) atoms. The first-order chi connectivity index (χ1) is 8.13. The van der Waals surface area contributed by atoms with Crippen LogP contribution in [0.15, 0.2) is 12.7 Å². The van der Waals surface area contributed by atoms with Gasteiger partial charge in [0.05, 0.1) is 12.5 Å². The molecule has 2 saturated carbocycles. The van der Waals surface area contributed by atoms with Crippen LogP contribution in [0.4, 0.5) is 0 Å². The monoisotopic (exact) mass is 236 g/mol. The highest BCUT2D eigenvalue weighted by molar-refractivity contribution is 5.81. The number of ether oxygens (including phenoxy) is 2. The fraction of sp³-hybridized carbons (Fsp3) is 0.692. The SMILES string of the molecule is C=CC(=O)OC1CC2C(C)C1C1C(=O)OCC21. The molecule has 0 amide bonds. The Labute approximate surface area is 100.0 Å². The summed E-state index contributed by atoms with van der Waals surface area (Å²) in [4.78, 5) is 23.0. The molecule has 0 radical (unpaired) electrons. The molecular formula is C13H16O4. The third kappa shape index (κ3) is 1.36. The molecule has 3 rings (SSSR count). The lowest BCUT2D eigenvalue weighted by Gasteiger charge is -2.27. The van der Waals surface area contributed by atoms with Crippen LogP contribution in [-0.2, 0) is 19.1 Å². The Morgan fingerprint density at radius 2 is 2.29 bits per heavy atom. The molecule has 0 aromatic heterocycles. The van der Waals surface area contributed by atoms with Gasteiger partial charge < -0.3 is 9.47 Å². The van der Waals surface area contributed by atoms with Crippen LogP contribution in [0.3, 0.4) is 0 Å². The van der Waals surface area contributed by atoms with Gasteiger partial charge in [-0.1, -0.05) is 13.5 Å². The molecule has 4 heteroatoms. The van der Waals surface area contributed by atoms with Gasteiger partial charge in [0, 0.05) is 17.9 Å². The Balaban J connectivity index is 1.82. The summed E-state index contributed by atoms with van der Waals surface area (Å²) >= 11 is 0. The van der Waals surface area contributed by atoms with Crippen LogP contribution in [0.25, 0.3) is 0 Å². The third-order valence-electron chi connectivity index (χ3n) is 4.77. The van der Waals surface area contributed by atoms with Crippen LogP contribution in [0.5, 0.6) is 0 Å². The number of carbonyl (C=O) groups is 2. The van der Waals surface area contributed by atoms with E-state index in [1.165, 1.54) is 6.08 Å². The maximum Gasteiger partial charge on any atom is 0.330 e. The summed E-state index contributed by atoms with van der Waals surface area (Å²) < 4.78 is 10.5. The van der Waals surface area contributed by atoms with Crippen molar-refractivity contribution in [1.29, 1.82) is 0 Å². The molecular weight excluding hydrogens is 220 g/mol. The van der Waals surface area contributed by atoms with Gasteiger partial charge in [-0.2, -0.15) is 0 Å². The van der Waals surface area contributed by atoms with Crippen molar-refractivity contribution < 1.29 is 19.1 Å². The average Bonchev–Trinajstić information content (AvgIpc) is 2.90. The number of carbonyl (C=O) groups excluding carboxylic acids is 2. The van der Waals surface area contributed by atoms with E-state index >= 15 is 0 Å². The quantitative estimate of drug-likeness (QED) is 0.533. The normalized spacial score (nSPS) is 46.5. The van der Waals surface area contributed by atoms with Gasteiger partial charge in [0.2, 0.25) is 0 Å². The van der Waals surface area contributed by atoms with E-state index in [2.05, 4.69) is 13.5 Å². The van der Waals surface area contributed by atoms with Gasteiger partial charge in [0.1, 0.15) is 6.10 Å². The second-order valence-electron chi connectivity index (χ2n) is 5.34. The predicted molar refractivity (Wildman–Crippen MR) is 58.8 cm³/mol. The van der Waals surface area contributed by atoms with Crippen molar-refractivity contribution in [2.75, 3.05) is 6.61 Å². The van der Waals surface area contributed by atoms with Crippen LogP contribution in [0, 0.1) is 29.6 Å². The summed E-state index contributed by atoms with van der Waals surface area (Å²) in [5.74, 6) is 0.849. The first-order valence-corrected chi connectivity index (χ1v) is 6.13. The Kier molecular flexibility index (Phi) is 2.28. The van der Waals surface area contributed by atoms with Gasteiger partial charge in [-0.05, 0) is 18.3 Å². The Hall–Kier alpha value is -1.32. The molecule has 0 aromatic rings. The van der Waals surface area contributed by atoms with Gasteiger partial charge in [-0.15, -0.1) is 0 Å². The molecule has 0 spiro atoms. The zero-order chi connectivity index (χ0) is 12.2. The number of hydrogen-bond acceptors (Lipinski definition) is 4. The molecule has 0 N–H and O–H groups in total. The first kappa shape index (κ1) is 10.8. The van der Waals surface area contributed by atoms with E-state index in [9.17, 15) is 9.59 Å². The molecule has 0 aromatic carbocycles. The predicted octanol–water partition coefficient (Wildman–Crippen LogP) is 1.16. The van der Waals surface area contributed by atoms with Gasteiger partial charge >= 0.3 is 11.9 Å². The van der Waals surface area contributed by atoms with Gasteiger partial charge in [0.25, 0.3) is 0 Å². The first-order valence-electron chi connectivity index (χ1n) is 6.13. The van der Waals surface area contributed by atoms with Crippen LogP contribution in [0.2, 0.25) is 0 Å². The topological polar surface area (TPSA) is 52.6 Å². The smallest absolute Gasteiger partial charge is 0.330 e. The van der Waals surface area contributed by atoms with Crippen molar-refractivity contribution in [2.45, 2.75) is 19.4 Å². The zero-order valence-corrected chi connectivity index (χ0v) is 9.80. The fourth-order valence-corrected chi connectivity index (χ4v) is 4.10. The van der Waals surface area contributed by atoms with Crippen LogP contribution in [-0.4, -0.2) is 24.6 Å². The molecule has 92 valence electrons. The lowest BCUT2D eigenvalue weighted by Crippen LogP contribution is -2.35. The van der Waals surface area contributed by atoms with E-state index in [-0.39, 0.29) is 23.9 Å². The number of fused-ring (bicyclic) bond motifs is 5. The standard InChI is InChI=1S/C13H16O4/c1-3-10(14)17-9-4-7-6(2)11(9)12-8(7)5-16-13(12)15/h3,6-9,11-12H,1,4-5H2,2H3. The maximum atomic E-state index is 11.7. The van der Waals surface area contributed by atoms with Crippen molar-refractivity contribution >= 4 is 11.9 Å². The van der Waals surface area contributed by atoms with Crippen LogP contribution >= 0.6 is 0 Å². The summed E-state index contributed by atoms with van der Waals surface area (Å²) in [6, 6.07) is 0. The minimum absolute atomic E-state index is 0.0497. The highest BCUT2D eigenvalue weighted by Crippen LogP contribution is 2.59. The summed E-state index contributed by atoms with van der Waals surface area (Å²) in [6.07, 6.45) is 1.91. The van der Waals surface area contributed by atoms with Crippen molar-refractivity contribution in [3.63, 3.8) is 0 Å². The molecule has 1 heterocycles. The minimum Gasteiger partial charge on any atom is -0.465 e. The van der Waals surface area contributed by atoms with E-state index in [0.717, 1.165) is 6.42 Å². The summed E-state index contributed by atoms with van der Waals surface area (Å²) in [7, 11) is 0. The highest BCUT2D eigenvalue weighted by Gasteiger charge is 2.63. The molecule has 2 bridgehead atoms. The van der Waals surface area contributed by atoms with E-state index in [1.807, 2.05) is 0 Å². The molecule has 6 atom stereocenters. The van der Waals surface area contributed by atoms with Crippen molar-refractivity contribution in [2.24, 2.45) is 29.6 Å². The van der Waals surface area contributed by atoms with Gasteiger partial charge in [0.15, 0.2) is 0 Å². The highest BCUT2D eigenvalue weighted by atomic mass is 16.6. The van der Waals surface area contributed by atoms with E-state index in [0.29, 0.717) is 24.4 Å².